The number of halogens is 2. The fraction of sp³-hybridized carbons (Fsp3) is 0.500. The van der Waals surface area contributed by atoms with E-state index in [4.69, 9.17) is 4.74 Å². The van der Waals surface area contributed by atoms with Gasteiger partial charge < -0.3 is 10.1 Å². The molecular weight excluding hydrogens is 235 g/mol. The zero-order valence-corrected chi connectivity index (χ0v) is 10.2. The molecule has 0 aromatic carbocycles. The van der Waals surface area contributed by atoms with E-state index in [1.165, 1.54) is 6.42 Å². The second-order valence-corrected chi connectivity index (χ2v) is 3.24. The molecule has 0 bridgehead atoms. The summed E-state index contributed by atoms with van der Waals surface area (Å²) in [4.78, 5) is 4.34. The van der Waals surface area contributed by atoms with Gasteiger partial charge in [-0.3, -0.25) is 4.98 Å². The number of hydrogen-bond acceptors (Lipinski definition) is 3. The molecule has 1 aliphatic heterocycles. The molecule has 3 nitrogen and oxygen atoms in total. The van der Waals surface area contributed by atoms with Crippen LogP contribution in [0, 0.1) is 0 Å². The fourth-order valence-corrected chi connectivity index (χ4v) is 1.76. The average Bonchev–Trinajstić information content (AvgIpc) is 2.70. The van der Waals surface area contributed by atoms with Crippen molar-refractivity contribution in [1.82, 2.24) is 10.3 Å². The third-order valence-corrected chi connectivity index (χ3v) is 2.41. The highest BCUT2D eigenvalue weighted by molar-refractivity contribution is 5.85. The lowest BCUT2D eigenvalue weighted by molar-refractivity contribution is 0.399. The molecule has 0 radical (unpaired) electrons. The summed E-state index contributed by atoms with van der Waals surface area (Å²) < 4.78 is 5.26. The van der Waals surface area contributed by atoms with Crippen LogP contribution in [0.3, 0.4) is 0 Å². The van der Waals surface area contributed by atoms with Crippen molar-refractivity contribution >= 4 is 24.8 Å². The van der Waals surface area contributed by atoms with Crippen molar-refractivity contribution in [3.63, 3.8) is 0 Å². The van der Waals surface area contributed by atoms with Crippen LogP contribution in [0.15, 0.2) is 18.3 Å². The normalized spacial score (nSPS) is 18.9. The number of rotatable bonds is 2. The molecule has 2 heterocycles. The second-order valence-electron chi connectivity index (χ2n) is 3.24. The Morgan fingerprint density at radius 1 is 1.47 bits per heavy atom. The summed E-state index contributed by atoms with van der Waals surface area (Å²) >= 11 is 0. The van der Waals surface area contributed by atoms with Crippen molar-refractivity contribution in [2.45, 2.75) is 18.9 Å². The standard InChI is InChI=1S/C10H14N2O.2ClH/c1-13-9-5-3-7-12-10(9)8-4-2-6-11-8;;/h3,5,7-8,11H,2,4,6H2,1H3;2*1H. The Morgan fingerprint density at radius 3 is 2.87 bits per heavy atom. The summed E-state index contributed by atoms with van der Waals surface area (Å²) in [5.41, 5.74) is 1.04. The van der Waals surface area contributed by atoms with Gasteiger partial charge in [0.05, 0.1) is 18.8 Å². The van der Waals surface area contributed by atoms with Gasteiger partial charge in [0.15, 0.2) is 0 Å². The Balaban J connectivity index is 0.000000980. The summed E-state index contributed by atoms with van der Waals surface area (Å²) in [5, 5.41) is 3.41. The molecule has 1 aromatic rings. The van der Waals surface area contributed by atoms with Gasteiger partial charge in [0.2, 0.25) is 0 Å². The van der Waals surface area contributed by atoms with Gasteiger partial charge in [0, 0.05) is 6.20 Å². The van der Waals surface area contributed by atoms with E-state index >= 15 is 0 Å². The van der Waals surface area contributed by atoms with Gasteiger partial charge in [0.1, 0.15) is 5.75 Å². The maximum atomic E-state index is 5.26. The Labute approximate surface area is 102 Å². The smallest absolute Gasteiger partial charge is 0.141 e. The molecule has 1 fully saturated rings. The average molecular weight is 251 g/mol. The molecule has 0 aliphatic carbocycles. The highest BCUT2D eigenvalue weighted by atomic mass is 35.5. The minimum atomic E-state index is 0. The molecule has 1 unspecified atom stereocenters. The molecule has 1 aromatic heterocycles. The minimum Gasteiger partial charge on any atom is -0.495 e. The topological polar surface area (TPSA) is 34.1 Å². The van der Waals surface area contributed by atoms with Crippen molar-refractivity contribution in [2.24, 2.45) is 0 Å². The molecule has 1 aliphatic rings. The zero-order valence-electron chi connectivity index (χ0n) is 8.60. The van der Waals surface area contributed by atoms with E-state index in [-0.39, 0.29) is 24.8 Å². The first-order valence-corrected chi connectivity index (χ1v) is 4.64. The Bertz CT molecular complexity index is 291. The number of methoxy groups -OCH3 is 1. The van der Waals surface area contributed by atoms with Crippen LogP contribution in [0.5, 0.6) is 5.75 Å². The number of nitrogens with zero attached hydrogens (tertiary/aromatic N) is 1. The van der Waals surface area contributed by atoms with Gasteiger partial charge in [-0.25, -0.2) is 0 Å². The second kappa shape index (κ2) is 6.88. The highest BCUT2D eigenvalue weighted by Gasteiger charge is 2.20. The van der Waals surface area contributed by atoms with Gasteiger partial charge in [-0.2, -0.15) is 0 Å². The first kappa shape index (κ1) is 14.5. The Hall–Kier alpha value is -0.510. The maximum Gasteiger partial charge on any atom is 0.141 e. The van der Waals surface area contributed by atoms with E-state index in [1.807, 2.05) is 18.3 Å². The van der Waals surface area contributed by atoms with E-state index in [0.717, 1.165) is 24.4 Å². The van der Waals surface area contributed by atoms with Gasteiger partial charge in [-0.15, -0.1) is 24.8 Å². The largest absolute Gasteiger partial charge is 0.495 e. The third-order valence-electron chi connectivity index (χ3n) is 2.41. The van der Waals surface area contributed by atoms with Crippen LogP contribution in [-0.2, 0) is 0 Å². The van der Waals surface area contributed by atoms with Gasteiger partial charge in [0.25, 0.3) is 0 Å². The molecule has 0 spiro atoms. The van der Waals surface area contributed by atoms with E-state index < -0.39 is 0 Å². The van der Waals surface area contributed by atoms with E-state index in [9.17, 15) is 0 Å². The van der Waals surface area contributed by atoms with Crippen molar-refractivity contribution in [2.75, 3.05) is 13.7 Å². The minimum absolute atomic E-state index is 0. The molecule has 0 amide bonds. The third kappa shape index (κ3) is 3.23. The van der Waals surface area contributed by atoms with Crippen molar-refractivity contribution in [3.05, 3.63) is 24.0 Å². The lowest BCUT2D eigenvalue weighted by Gasteiger charge is -2.12. The molecule has 86 valence electrons. The molecule has 1 saturated heterocycles. The Kier molecular flexibility index (Phi) is 6.65. The number of nitrogens with one attached hydrogen (secondary N) is 1. The summed E-state index contributed by atoms with van der Waals surface area (Å²) in [6.07, 6.45) is 4.20. The summed E-state index contributed by atoms with van der Waals surface area (Å²) in [5.74, 6) is 0.891. The van der Waals surface area contributed by atoms with Crippen molar-refractivity contribution in [1.29, 1.82) is 0 Å². The van der Waals surface area contributed by atoms with Crippen LogP contribution >= 0.6 is 24.8 Å². The van der Waals surface area contributed by atoms with Crippen molar-refractivity contribution in [3.8, 4) is 5.75 Å². The number of ether oxygens (including phenoxy) is 1. The molecule has 0 saturated carbocycles. The van der Waals surface area contributed by atoms with Crippen LogP contribution in [0.25, 0.3) is 0 Å². The lowest BCUT2D eigenvalue weighted by atomic mass is 10.1. The molecular formula is C10H16Cl2N2O. The quantitative estimate of drug-likeness (QED) is 0.876. The lowest BCUT2D eigenvalue weighted by Crippen LogP contribution is -2.15. The maximum absolute atomic E-state index is 5.26. The predicted molar refractivity (Wildman–Crippen MR) is 65.3 cm³/mol. The van der Waals surface area contributed by atoms with E-state index in [1.54, 1.807) is 7.11 Å². The SMILES string of the molecule is COc1cccnc1C1CCCN1.Cl.Cl. The van der Waals surface area contributed by atoms with Crippen LogP contribution in [0.2, 0.25) is 0 Å². The first-order chi connectivity index (χ1) is 6.42. The van der Waals surface area contributed by atoms with Gasteiger partial charge in [-0.1, -0.05) is 0 Å². The first-order valence-electron chi connectivity index (χ1n) is 4.64. The Morgan fingerprint density at radius 2 is 2.27 bits per heavy atom. The van der Waals surface area contributed by atoms with Crippen LogP contribution in [0.1, 0.15) is 24.6 Å². The van der Waals surface area contributed by atoms with Crippen LogP contribution < -0.4 is 10.1 Å². The van der Waals surface area contributed by atoms with Crippen LogP contribution in [0.4, 0.5) is 0 Å². The number of aromatic nitrogens is 1. The van der Waals surface area contributed by atoms with Gasteiger partial charge in [-0.05, 0) is 31.5 Å². The highest BCUT2D eigenvalue weighted by Crippen LogP contribution is 2.28. The zero-order chi connectivity index (χ0) is 9.10. The molecule has 2 rings (SSSR count). The summed E-state index contributed by atoms with van der Waals surface area (Å²) in [7, 11) is 1.69. The summed E-state index contributed by atoms with van der Waals surface area (Å²) in [6.45, 7) is 1.09. The van der Waals surface area contributed by atoms with Crippen molar-refractivity contribution < 1.29 is 4.74 Å². The summed E-state index contributed by atoms with van der Waals surface area (Å²) in [6, 6.07) is 4.25. The number of pyridine rings is 1. The monoisotopic (exact) mass is 250 g/mol. The number of hydrogen-bond donors (Lipinski definition) is 1. The molecule has 1 atom stereocenters. The van der Waals surface area contributed by atoms with E-state index in [2.05, 4.69) is 10.3 Å². The van der Waals surface area contributed by atoms with E-state index in [0.29, 0.717) is 6.04 Å². The van der Waals surface area contributed by atoms with Crippen LogP contribution in [-0.4, -0.2) is 18.6 Å². The fourth-order valence-electron chi connectivity index (χ4n) is 1.76. The molecule has 15 heavy (non-hydrogen) atoms. The molecule has 5 heteroatoms. The molecule has 1 N–H and O–H groups in total. The van der Waals surface area contributed by atoms with Gasteiger partial charge >= 0.3 is 0 Å². The predicted octanol–water partition coefficient (Wildman–Crippen LogP) is 2.36.